The summed E-state index contributed by atoms with van der Waals surface area (Å²) in [6.07, 6.45) is 0. The minimum Gasteiger partial charge on any atom is -0.468 e. The van der Waals surface area contributed by atoms with Gasteiger partial charge >= 0.3 is 5.97 Å². The molecule has 86 valence electrons. The Balaban J connectivity index is 2.41. The molecular weight excluding hydrogens is 235 g/mol. The molecule has 1 saturated heterocycles. The molecule has 0 N–H and O–H groups in total. The van der Waals surface area contributed by atoms with Crippen LogP contribution in [0.1, 0.15) is 5.56 Å². The van der Waals surface area contributed by atoms with Gasteiger partial charge < -0.3 is 9.47 Å². The summed E-state index contributed by atoms with van der Waals surface area (Å²) in [5.74, 6) is -0.896. The highest BCUT2D eigenvalue weighted by atomic mass is 35.5. The average Bonchev–Trinajstić information content (AvgIpc) is 2.21. The van der Waals surface area contributed by atoms with Gasteiger partial charge in [0.2, 0.25) is 0 Å². The minimum atomic E-state index is -0.827. The lowest BCUT2D eigenvalue weighted by Crippen LogP contribution is -2.53. The SMILES string of the molecule is COC(=O)C1(c2ccc(F)c(Cl)c2)COC1. The van der Waals surface area contributed by atoms with Gasteiger partial charge in [-0.3, -0.25) is 4.79 Å². The molecule has 1 aliphatic heterocycles. The van der Waals surface area contributed by atoms with Crippen molar-refractivity contribution in [1.29, 1.82) is 0 Å². The lowest BCUT2D eigenvalue weighted by atomic mass is 9.78. The van der Waals surface area contributed by atoms with Crippen molar-refractivity contribution in [2.45, 2.75) is 5.41 Å². The second kappa shape index (κ2) is 4.03. The maximum atomic E-state index is 13.0. The van der Waals surface area contributed by atoms with Crippen LogP contribution in [0.5, 0.6) is 0 Å². The fourth-order valence-corrected chi connectivity index (χ4v) is 1.88. The van der Waals surface area contributed by atoms with Crippen LogP contribution in [-0.2, 0) is 19.7 Å². The molecule has 0 aromatic heterocycles. The van der Waals surface area contributed by atoms with Crippen molar-refractivity contribution >= 4 is 17.6 Å². The molecule has 0 saturated carbocycles. The van der Waals surface area contributed by atoms with E-state index in [0.29, 0.717) is 5.56 Å². The van der Waals surface area contributed by atoms with Crippen molar-refractivity contribution in [2.24, 2.45) is 0 Å². The molecule has 0 bridgehead atoms. The topological polar surface area (TPSA) is 35.5 Å². The second-order valence-electron chi connectivity index (χ2n) is 3.70. The van der Waals surface area contributed by atoms with Crippen LogP contribution in [0.4, 0.5) is 4.39 Å². The standard InChI is InChI=1S/C11H10ClFO3/c1-15-10(14)11(5-16-6-11)7-2-3-9(13)8(12)4-7/h2-4H,5-6H2,1H3. The van der Waals surface area contributed by atoms with Gasteiger partial charge in [-0.15, -0.1) is 0 Å². The molecule has 0 unspecified atom stereocenters. The van der Waals surface area contributed by atoms with E-state index in [1.54, 1.807) is 0 Å². The number of hydrogen-bond donors (Lipinski definition) is 0. The first kappa shape index (κ1) is 11.4. The number of ether oxygens (including phenoxy) is 2. The zero-order valence-corrected chi connectivity index (χ0v) is 9.38. The monoisotopic (exact) mass is 244 g/mol. The molecule has 0 spiro atoms. The van der Waals surface area contributed by atoms with Gasteiger partial charge in [0.15, 0.2) is 0 Å². The molecule has 2 rings (SSSR count). The van der Waals surface area contributed by atoms with Crippen molar-refractivity contribution in [3.8, 4) is 0 Å². The number of benzene rings is 1. The summed E-state index contributed by atoms with van der Waals surface area (Å²) in [6, 6.07) is 4.21. The number of hydrogen-bond acceptors (Lipinski definition) is 3. The number of halogens is 2. The van der Waals surface area contributed by atoms with E-state index < -0.39 is 11.2 Å². The third kappa shape index (κ3) is 1.58. The molecule has 0 atom stereocenters. The Morgan fingerprint density at radius 2 is 2.25 bits per heavy atom. The lowest BCUT2D eigenvalue weighted by Gasteiger charge is -2.38. The maximum Gasteiger partial charge on any atom is 0.321 e. The van der Waals surface area contributed by atoms with E-state index in [4.69, 9.17) is 21.1 Å². The summed E-state index contributed by atoms with van der Waals surface area (Å²) in [7, 11) is 1.31. The van der Waals surface area contributed by atoms with Crippen LogP contribution < -0.4 is 0 Å². The van der Waals surface area contributed by atoms with Gasteiger partial charge in [0.1, 0.15) is 11.2 Å². The summed E-state index contributed by atoms with van der Waals surface area (Å²) in [4.78, 5) is 11.7. The number of methoxy groups -OCH3 is 1. The first-order valence-electron chi connectivity index (χ1n) is 4.72. The van der Waals surface area contributed by atoms with Gasteiger partial charge in [0.05, 0.1) is 25.3 Å². The van der Waals surface area contributed by atoms with Crippen LogP contribution in [0.2, 0.25) is 5.02 Å². The van der Waals surface area contributed by atoms with Crippen LogP contribution in [0.25, 0.3) is 0 Å². The van der Waals surface area contributed by atoms with Gasteiger partial charge in [-0.05, 0) is 17.7 Å². The number of rotatable bonds is 2. The molecule has 1 aromatic carbocycles. The quantitative estimate of drug-likeness (QED) is 0.746. The number of carbonyl (C=O) groups is 1. The predicted molar refractivity (Wildman–Crippen MR) is 55.9 cm³/mol. The largest absolute Gasteiger partial charge is 0.468 e. The van der Waals surface area contributed by atoms with Crippen LogP contribution in [-0.4, -0.2) is 26.3 Å². The van der Waals surface area contributed by atoms with E-state index in [9.17, 15) is 9.18 Å². The molecule has 3 nitrogen and oxygen atoms in total. The van der Waals surface area contributed by atoms with Crippen molar-refractivity contribution in [3.63, 3.8) is 0 Å². The van der Waals surface area contributed by atoms with Gasteiger partial charge in [0, 0.05) is 0 Å². The van der Waals surface area contributed by atoms with Crippen molar-refractivity contribution in [1.82, 2.24) is 0 Å². The zero-order valence-electron chi connectivity index (χ0n) is 8.63. The van der Waals surface area contributed by atoms with Crippen molar-refractivity contribution in [2.75, 3.05) is 20.3 Å². The minimum absolute atomic E-state index is 0.00678. The smallest absolute Gasteiger partial charge is 0.321 e. The van der Waals surface area contributed by atoms with Gasteiger partial charge in [-0.1, -0.05) is 17.7 Å². The number of carbonyl (C=O) groups excluding carboxylic acids is 1. The van der Waals surface area contributed by atoms with Crippen LogP contribution in [0, 0.1) is 5.82 Å². The van der Waals surface area contributed by atoms with E-state index in [2.05, 4.69) is 0 Å². The molecule has 5 heteroatoms. The van der Waals surface area contributed by atoms with Crippen molar-refractivity contribution < 1.29 is 18.7 Å². The first-order valence-corrected chi connectivity index (χ1v) is 5.09. The molecule has 1 fully saturated rings. The molecule has 1 aliphatic rings. The van der Waals surface area contributed by atoms with Gasteiger partial charge in [-0.25, -0.2) is 4.39 Å². The highest BCUT2D eigenvalue weighted by molar-refractivity contribution is 6.30. The maximum absolute atomic E-state index is 13.0. The number of esters is 1. The summed E-state index contributed by atoms with van der Waals surface area (Å²) in [5.41, 5.74) is -0.205. The predicted octanol–water partition coefficient (Wildman–Crippen LogP) is 1.92. The zero-order chi connectivity index (χ0) is 11.8. The molecular formula is C11H10ClFO3. The Hall–Kier alpha value is -1.13. The fraction of sp³-hybridized carbons (Fsp3) is 0.364. The third-order valence-corrected chi connectivity index (χ3v) is 3.03. The highest BCUT2D eigenvalue weighted by Gasteiger charge is 2.48. The highest BCUT2D eigenvalue weighted by Crippen LogP contribution is 2.35. The summed E-state index contributed by atoms with van der Waals surface area (Å²) < 4.78 is 22.8. The molecule has 1 heterocycles. The van der Waals surface area contributed by atoms with E-state index in [1.807, 2.05) is 0 Å². The Labute approximate surface area is 97.1 Å². The van der Waals surface area contributed by atoms with Gasteiger partial charge in [0.25, 0.3) is 0 Å². The Morgan fingerprint density at radius 1 is 1.56 bits per heavy atom. The lowest BCUT2D eigenvalue weighted by molar-refractivity contribution is -0.166. The normalized spacial score (nSPS) is 17.7. The van der Waals surface area contributed by atoms with Crippen LogP contribution >= 0.6 is 11.6 Å². The fourth-order valence-electron chi connectivity index (χ4n) is 1.70. The first-order chi connectivity index (χ1) is 7.60. The molecule has 0 amide bonds. The summed E-state index contributed by atoms with van der Waals surface area (Å²) in [6.45, 7) is 0.475. The average molecular weight is 245 g/mol. The molecule has 0 aliphatic carbocycles. The molecule has 16 heavy (non-hydrogen) atoms. The Morgan fingerprint density at radius 3 is 2.69 bits per heavy atom. The molecule has 0 radical (unpaired) electrons. The van der Waals surface area contributed by atoms with E-state index in [0.717, 1.165) is 0 Å². The second-order valence-corrected chi connectivity index (χ2v) is 4.10. The summed E-state index contributed by atoms with van der Waals surface area (Å²) in [5, 5.41) is -0.00678. The molecule has 1 aromatic rings. The van der Waals surface area contributed by atoms with Gasteiger partial charge in [-0.2, -0.15) is 0 Å². The van der Waals surface area contributed by atoms with E-state index in [1.165, 1.54) is 25.3 Å². The third-order valence-electron chi connectivity index (χ3n) is 2.75. The van der Waals surface area contributed by atoms with Crippen LogP contribution in [0.15, 0.2) is 18.2 Å². The summed E-state index contributed by atoms with van der Waals surface area (Å²) >= 11 is 5.68. The Kier molecular flexibility index (Phi) is 2.86. The van der Waals surface area contributed by atoms with E-state index in [-0.39, 0.29) is 24.2 Å². The van der Waals surface area contributed by atoms with E-state index >= 15 is 0 Å². The van der Waals surface area contributed by atoms with Crippen molar-refractivity contribution in [3.05, 3.63) is 34.6 Å². The van der Waals surface area contributed by atoms with Crippen LogP contribution in [0.3, 0.4) is 0 Å². The Bertz CT molecular complexity index is 429.